The highest BCUT2D eigenvalue weighted by Crippen LogP contribution is 2.40. The monoisotopic (exact) mass is 443 g/mol. The summed E-state index contributed by atoms with van der Waals surface area (Å²) in [6, 6.07) is 15.0. The molecule has 27 heavy (non-hydrogen) atoms. The molecule has 0 aliphatic rings. The van der Waals surface area contributed by atoms with Gasteiger partial charge in [-0.25, -0.2) is 4.79 Å². The summed E-state index contributed by atoms with van der Waals surface area (Å²) in [5, 5.41) is 3.39. The molecule has 0 saturated heterocycles. The number of ether oxygens (including phenoxy) is 1. The number of amides is 1. The van der Waals surface area contributed by atoms with Gasteiger partial charge in [-0.2, -0.15) is 0 Å². The Hall–Kier alpha value is -2.44. The van der Waals surface area contributed by atoms with E-state index in [2.05, 4.69) is 21.2 Å². The van der Waals surface area contributed by atoms with Crippen LogP contribution in [-0.4, -0.2) is 19.0 Å². The maximum Gasteiger partial charge on any atom is 0.341 e. The van der Waals surface area contributed by atoms with Crippen LogP contribution in [0.2, 0.25) is 0 Å². The number of methoxy groups -OCH3 is 1. The number of rotatable bonds is 4. The van der Waals surface area contributed by atoms with Gasteiger partial charge in [-0.1, -0.05) is 46.3 Å². The van der Waals surface area contributed by atoms with Gasteiger partial charge in [0.15, 0.2) is 0 Å². The van der Waals surface area contributed by atoms with Crippen LogP contribution < -0.4 is 5.32 Å². The van der Waals surface area contributed by atoms with E-state index in [1.165, 1.54) is 18.4 Å². The minimum Gasteiger partial charge on any atom is -0.465 e. The highest BCUT2D eigenvalue weighted by molar-refractivity contribution is 9.10. The van der Waals surface area contributed by atoms with Crippen LogP contribution in [0.25, 0.3) is 11.1 Å². The summed E-state index contributed by atoms with van der Waals surface area (Å²) in [4.78, 5) is 26.2. The molecule has 1 amide bonds. The van der Waals surface area contributed by atoms with Gasteiger partial charge in [0.2, 0.25) is 0 Å². The van der Waals surface area contributed by atoms with Crippen LogP contribution >= 0.6 is 27.3 Å². The van der Waals surface area contributed by atoms with Crippen LogP contribution in [0.5, 0.6) is 0 Å². The van der Waals surface area contributed by atoms with E-state index < -0.39 is 5.97 Å². The van der Waals surface area contributed by atoms with Gasteiger partial charge in [0.25, 0.3) is 5.91 Å². The quantitative estimate of drug-likeness (QED) is 0.515. The molecule has 0 spiro atoms. The lowest BCUT2D eigenvalue weighted by Crippen LogP contribution is -2.15. The topological polar surface area (TPSA) is 55.4 Å². The van der Waals surface area contributed by atoms with Gasteiger partial charge in [-0.05, 0) is 43.2 Å². The number of hydrogen-bond acceptors (Lipinski definition) is 4. The molecule has 1 N–H and O–H groups in total. The number of esters is 1. The Balaban J connectivity index is 2.07. The minimum absolute atomic E-state index is 0.248. The molecular weight excluding hydrogens is 426 g/mol. The van der Waals surface area contributed by atoms with Crippen LogP contribution in [0.1, 0.15) is 31.2 Å². The third kappa shape index (κ3) is 3.96. The van der Waals surface area contributed by atoms with Gasteiger partial charge in [0.1, 0.15) is 10.6 Å². The number of halogens is 1. The zero-order valence-electron chi connectivity index (χ0n) is 15.1. The molecule has 6 heteroatoms. The average molecular weight is 444 g/mol. The Kier molecular flexibility index (Phi) is 5.77. The van der Waals surface area contributed by atoms with Gasteiger partial charge < -0.3 is 10.1 Å². The first-order chi connectivity index (χ1) is 12.9. The number of carbonyl (C=O) groups is 2. The maximum absolute atomic E-state index is 12.7. The summed E-state index contributed by atoms with van der Waals surface area (Å²) < 4.78 is 5.95. The lowest BCUT2D eigenvalue weighted by atomic mass is 10.0. The van der Waals surface area contributed by atoms with E-state index >= 15 is 0 Å². The fourth-order valence-corrected chi connectivity index (χ4v) is 4.22. The number of benzene rings is 2. The fourth-order valence-electron chi connectivity index (χ4n) is 2.89. The second-order valence-corrected chi connectivity index (χ2v) is 8.15. The van der Waals surface area contributed by atoms with Crippen LogP contribution in [0.3, 0.4) is 0 Å². The molecule has 0 aliphatic carbocycles. The third-order valence-corrected chi connectivity index (χ3v) is 5.77. The molecule has 4 nitrogen and oxygen atoms in total. The van der Waals surface area contributed by atoms with E-state index in [9.17, 15) is 9.59 Å². The van der Waals surface area contributed by atoms with Crippen molar-refractivity contribution < 1.29 is 14.3 Å². The summed E-state index contributed by atoms with van der Waals surface area (Å²) in [5.74, 6) is -0.723. The summed E-state index contributed by atoms with van der Waals surface area (Å²) in [5.41, 5.74) is 3.49. The Labute approximate surface area is 170 Å². The van der Waals surface area contributed by atoms with E-state index in [4.69, 9.17) is 4.74 Å². The smallest absolute Gasteiger partial charge is 0.341 e. The van der Waals surface area contributed by atoms with Gasteiger partial charge in [0, 0.05) is 20.5 Å². The van der Waals surface area contributed by atoms with Crippen molar-refractivity contribution in [3.63, 3.8) is 0 Å². The molecule has 0 radical (unpaired) electrons. The number of aryl methyl sites for hydroxylation is 2. The Morgan fingerprint density at radius 2 is 1.70 bits per heavy atom. The molecule has 3 rings (SSSR count). The summed E-state index contributed by atoms with van der Waals surface area (Å²) >= 11 is 4.79. The van der Waals surface area contributed by atoms with Crippen LogP contribution in [0.4, 0.5) is 5.00 Å². The maximum atomic E-state index is 12.7. The molecule has 1 heterocycles. The van der Waals surface area contributed by atoms with E-state index in [-0.39, 0.29) is 5.91 Å². The molecule has 0 atom stereocenters. The number of carbonyl (C=O) groups excluding carboxylic acids is 2. The Morgan fingerprint density at radius 3 is 2.33 bits per heavy atom. The van der Waals surface area contributed by atoms with Crippen molar-refractivity contribution in [1.82, 2.24) is 0 Å². The Bertz CT molecular complexity index is 1010. The second kappa shape index (κ2) is 8.06. The van der Waals surface area contributed by atoms with E-state index in [1.54, 1.807) is 6.07 Å². The molecule has 0 unspecified atom stereocenters. The lowest BCUT2D eigenvalue weighted by molar-refractivity contribution is 0.0603. The third-order valence-electron chi connectivity index (χ3n) is 4.22. The van der Waals surface area contributed by atoms with E-state index in [0.717, 1.165) is 26.0 Å². The van der Waals surface area contributed by atoms with Gasteiger partial charge in [-0.3, -0.25) is 4.79 Å². The highest BCUT2D eigenvalue weighted by atomic mass is 79.9. The normalized spacial score (nSPS) is 10.5. The first kappa shape index (κ1) is 19.3. The van der Waals surface area contributed by atoms with E-state index in [0.29, 0.717) is 16.1 Å². The van der Waals surface area contributed by atoms with Crippen molar-refractivity contribution in [2.75, 3.05) is 12.4 Å². The first-order valence-electron chi connectivity index (χ1n) is 8.27. The van der Waals surface area contributed by atoms with Gasteiger partial charge in [-0.15, -0.1) is 11.3 Å². The fraction of sp³-hybridized carbons (Fsp3) is 0.143. The molecule has 2 aromatic carbocycles. The molecule has 138 valence electrons. The van der Waals surface area contributed by atoms with Gasteiger partial charge >= 0.3 is 5.97 Å². The molecular formula is C21H18BrNO3S. The number of hydrogen-bond donors (Lipinski definition) is 1. The zero-order valence-corrected chi connectivity index (χ0v) is 17.5. The van der Waals surface area contributed by atoms with Crippen molar-refractivity contribution in [1.29, 1.82) is 0 Å². The SMILES string of the molecule is COC(=O)c1c(NC(=O)c2ccccc2C)sc(C)c1-c1ccc(Br)cc1. The zero-order chi connectivity index (χ0) is 19.6. The predicted molar refractivity (Wildman–Crippen MR) is 113 cm³/mol. The van der Waals surface area contributed by atoms with Crippen molar-refractivity contribution >= 4 is 44.1 Å². The summed E-state index contributed by atoms with van der Waals surface area (Å²) in [6.45, 7) is 3.81. The number of thiophene rings is 1. The van der Waals surface area contributed by atoms with Crippen molar-refractivity contribution in [3.05, 3.63) is 74.6 Å². The second-order valence-electron chi connectivity index (χ2n) is 6.00. The van der Waals surface area contributed by atoms with Crippen LogP contribution in [0.15, 0.2) is 53.0 Å². The summed E-state index contributed by atoms with van der Waals surface area (Å²) in [7, 11) is 1.34. The number of anilines is 1. The van der Waals surface area contributed by atoms with Crippen molar-refractivity contribution in [2.45, 2.75) is 13.8 Å². The van der Waals surface area contributed by atoms with E-state index in [1.807, 2.05) is 56.3 Å². The van der Waals surface area contributed by atoms with Crippen molar-refractivity contribution in [3.8, 4) is 11.1 Å². The minimum atomic E-state index is -0.475. The predicted octanol–water partition coefficient (Wildman–Crippen LogP) is 5.83. The van der Waals surface area contributed by atoms with Gasteiger partial charge in [0.05, 0.1) is 7.11 Å². The lowest BCUT2D eigenvalue weighted by Gasteiger charge is -2.09. The number of nitrogens with one attached hydrogen (secondary N) is 1. The van der Waals surface area contributed by atoms with Crippen LogP contribution in [0, 0.1) is 13.8 Å². The molecule has 0 fully saturated rings. The standard InChI is InChI=1S/C21H18BrNO3S/c1-12-6-4-5-7-16(12)19(24)23-20-18(21(25)26-3)17(13(2)27-20)14-8-10-15(22)11-9-14/h4-11H,1-3H3,(H,23,24). The summed E-state index contributed by atoms with van der Waals surface area (Å²) in [6.07, 6.45) is 0. The molecule has 0 saturated carbocycles. The largest absolute Gasteiger partial charge is 0.465 e. The van der Waals surface area contributed by atoms with Crippen molar-refractivity contribution in [2.24, 2.45) is 0 Å². The average Bonchev–Trinajstić information content (AvgIpc) is 2.97. The molecule has 0 aliphatic heterocycles. The molecule has 0 bridgehead atoms. The molecule has 1 aromatic heterocycles. The Morgan fingerprint density at radius 1 is 1.04 bits per heavy atom. The highest BCUT2D eigenvalue weighted by Gasteiger charge is 2.25. The molecule has 3 aromatic rings. The first-order valence-corrected chi connectivity index (χ1v) is 9.88. The van der Waals surface area contributed by atoms with Crippen LogP contribution in [-0.2, 0) is 4.74 Å².